The SMILES string of the molecule is CCOC(=O)CCC(CC(=O)OCC)NC(=O)CCC(=O)Nc1ccc(C=NN)cc1. The summed E-state index contributed by atoms with van der Waals surface area (Å²) in [6.07, 6.45) is 1.59. The molecule has 0 saturated carbocycles. The van der Waals surface area contributed by atoms with E-state index < -0.39 is 23.9 Å². The van der Waals surface area contributed by atoms with Crippen molar-refractivity contribution in [3.63, 3.8) is 0 Å². The summed E-state index contributed by atoms with van der Waals surface area (Å²) in [6, 6.07) is 6.28. The van der Waals surface area contributed by atoms with E-state index in [0.717, 1.165) is 5.56 Å². The third-order valence-corrected chi connectivity index (χ3v) is 4.08. The van der Waals surface area contributed by atoms with E-state index >= 15 is 0 Å². The van der Waals surface area contributed by atoms with Crippen molar-refractivity contribution in [2.45, 2.75) is 52.0 Å². The highest BCUT2D eigenvalue weighted by molar-refractivity contribution is 5.93. The number of nitrogens with zero attached hydrogens (tertiary/aromatic N) is 1. The van der Waals surface area contributed by atoms with Gasteiger partial charge in [0.1, 0.15) is 0 Å². The smallest absolute Gasteiger partial charge is 0.307 e. The Labute approximate surface area is 181 Å². The molecule has 1 aromatic rings. The van der Waals surface area contributed by atoms with E-state index in [1.807, 2.05) is 0 Å². The van der Waals surface area contributed by atoms with Crippen LogP contribution in [0.4, 0.5) is 5.69 Å². The molecule has 4 N–H and O–H groups in total. The Morgan fingerprint density at radius 1 is 0.968 bits per heavy atom. The number of ether oxygens (including phenoxy) is 2. The number of carbonyl (C=O) groups is 4. The van der Waals surface area contributed by atoms with E-state index in [4.69, 9.17) is 15.3 Å². The van der Waals surface area contributed by atoms with E-state index in [0.29, 0.717) is 5.69 Å². The van der Waals surface area contributed by atoms with E-state index in [2.05, 4.69) is 15.7 Å². The molecule has 10 nitrogen and oxygen atoms in total. The van der Waals surface area contributed by atoms with Crippen molar-refractivity contribution in [2.24, 2.45) is 10.9 Å². The van der Waals surface area contributed by atoms with Gasteiger partial charge in [-0.15, -0.1) is 0 Å². The summed E-state index contributed by atoms with van der Waals surface area (Å²) in [7, 11) is 0. The maximum atomic E-state index is 12.3. The topological polar surface area (TPSA) is 149 Å². The molecule has 170 valence electrons. The lowest BCUT2D eigenvalue weighted by Crippen LogP contribution is -2.37. The van der Waals surface area contributed by atoms with Crippen molar-refractivity contribution in [2.75, 3.05) is 18.5 Å². The van der Waals surface area contributed by atoms with Crippen LogP contribution in [-0.4, -0.2) is 49.2 Å². The number of amides is 2. The van der Waals surface area contributed by atoms with Gasteiger partial charge < -0.3 is 25.9 Å². The fourth-order valence-corrected chi connectivity index (χ4v) is 2.66. The summed E-state index contributed by atoms with van der Waals surface area (Å²) in [5.41, 5.74) is 1.37. The van der Waals surface area contributed by atoms with Crippen LogP contribution < -0.4 is 16.5 Å². The molecule has 0 spiro atoms. The van der Waals surface area contributed by atoms with Crippen LogP contribution in [0.3, 0.4) is 0 Å². The standard InChI is InChI=1S/C21H30N4O6/c1-3-30-20(28)12-9-17(13-21(29)31-4-2)25-19(27)11-10-18(26)24-16-7-5-15(6-8-16)14-23-22/h5-8,14,17H,3-4,9-13,22H2,1-2H3,(H,24,26)(H,25,27). The van der Waals surface area contributed by atoms with E-state index in [1.54, 1.807) is 38.1 Å². The molecule has 0 fully saturated rings. The lowest BCUT2D eigenvalue weighted by molar-refractivity contribution is -0.146. The van der Waals surface area contributed by atoms with Gasteiger partial charge in [-0.2, -0.15) is 5.10 Å². The van der Waals surface area contributed by atoms with Crippen molar-refractivity contribution in [3.05, 3.63) is 29.8 Å². The molecule has 10 heteroatoms. The molecular formula is C21H30N4O6. The highest BCUT2D eigenvalue weighted by Crippen LogP contribution is 2.10. The molecule has 1 rings (SSSR count). The van der Waals surface area contributed by atoms with Gasteiger partial charge in [-0.1, -0.05) is 12.1 Å². The lowest BCUT2D eigenvalue weighted by Gasteiger charge is -2.17. The zero-order chi connectivity index (χ0) is 23.1. The van der Waals surface area contributed by atoms with Gasteiger partial charge in [0, 0.05) is 31.0 Å². The monoisotopic (exact) mass is 434 g/mol. The molecule has 0 aliphatic heterocycles. The number of esters is 2. The average molecular weight is 434 g/mol. The molecule has 0 saturated heterocycles. The summed E-state index contributed by atoms with van der Waals surface area (Å²) in [4.78, 5) is 47.7. The fraction of sp³-hybridized carbons (Fsp3) is 0.476. The minimum atomic E-state index is -0.587. The first-order valence-corrected chi connectivity index (χ1v) is 10.1. The molecule has 1 unspecified atom stereocenters. The molecule has 0 radical (unpaired) electrons. The summed E-state index contributed by atoms with van der Waals surface area (Å²) in [5, 5.41) is 8.80. The van der Waals surface area contributed by atoms with Crippen molar-refractivity contribution in [1.82, 2.24) is 5.32 Å². The molecule has 2 amide bonds. The highest BCUT2D eigenvalue weighted by Gasteiger charge is 2.19. The molecule has 0 aliphatic rings. The predicted octanol–water partition coefficient (Wildman–Crippen LogP) is 1.48. The van der Waals surface area contributed by atoms with Gasteiger partial charge in [0.05, 0.1) is 25.8 Å². The molecular weight excluding hydrogens is 404 g/mol. The van der Waals surface area contributed by atoms with Gasteiger partial charge in [0.25, 0.3) is 0 Å². The number of carbonyl (C=O) groups excluding carboxylic acids is 4. The molecule has 0 bridgehead atoms. The first-order valence-electron chi connectivity index (χ1n) is 10.1. The number of nitrogens with one attached hydrogen (secondary N) is 2. The first-order chi connectivity index (χ1) is 14.9. The Hall–Kier alpha value is -3.43. The summed E-state index contributed by atoms with van der Waals surface area (Å²) < 4.78 is 9.78. The Kier molecular flexibility index (Phi) is 12.0. The first kappa shape index (κ1) is 25.6. The van der Waals surface area contributed by atoms with Gasteiger partial charge in [0.2, 0.25) is 11.8 Å². The van der Waals surface area contributed by atoms with Crippen LogP contribution in [0, 0.1) is 0 Å². The zero-order valence-electron chi connectivity index (χ0n) is 17.9. The van der Waals surface area contributed by atoms with Crippen LogP contribution in [0.5, 0.6) is 0 Å². The minimum Gasteiger partial charge on any atom is -0.466 e. The van der Waals surface area contributed by atoms with Crippen LogP contribution in [-0.2, 0) is 28.7 Å². The third-order valence-electron chi connectivity index (χ3n) is 4.08. The van der Waals surface area contributed by atoms with Gasteiger partial charge in [-0.05, 0) is 38.0 Å². The van der Waals surface area contributed by atoms with Gasteiger partial charge in [0.15, 0.2) is 0 Å². The molecule has 31 heavy (non-hydrogen) atoms. The second-order valence-electron chi connectivity index (χ2n) is 6.57. The van der Waals surface area contributed by atoms with Gasteiger partial charge in [-0.3, -0.25) is 19.2 Å². The number of hydrogen-bond acceptors (Lipinski definition) is 8. The normalized spacial score (nSPS) is 11.5. The maximum absolute atomic E-state index is 12.3. The van der Waals surface area contributed by atoms with Crippen LogP contribution >= 0.6 is 0 Å². The minimum absolute atomic E-state index is 0.0398. The van der Waals surface area contributed by atoms with Crippen molar-refractivity contribution in [3.8, 4) is 0 Å². The van der Waals surface area contributed by atoms with Crippen molar-refractivity contribution in [1.29, 1.82) is 0 Å². The Bertz CT molecular complexity index is 764. The summed E-state index contributed by atoms with van der Waals surface area (Å²) in [5.74, 6) is 3.47. The third kappa shape index (κ3) is 11.4. The van der Waals surface area contributed by atoms with E-state index in [9.17, 15) is 19.2 Å². The molecule has 1 aromatic carbocycles. The highest BCUT2D eigenvalue weighted by atomic mass is 16.5. The number of anilines is 1. The van der Waals surface area contributed by atoms with Crippen LogP contribution in [0.25, 0.3) is 0 Å². The fourth-order valence-electron chi connectivity index (χ4n) is 2.66. The zero-order valence-corrected chi connectivity index (χ0v) is 17.9. The van der Waals surface area contributed by atoms with Crippen molar-refractivity contribution >= 4 is 35.7 Å². The molecule has 0 heterocycles. The number of rotatable bonds is 13. The largest absolute Gasteiger partial charge is 0.466 e. The average Bonchev–Trinajstić information content (AvgIpc) is 2.72. The van der Waals surface area contributed by atoms with Gasteiger partial charge >= 0.3 is 11.9 Å². The number of hydrogen-bond donors (Lipinski definition) is 3. The van der Waals surface area contributed by atoms with Gasteiger partial charge in [-0.25, -0.2) is 0 Å². The van der Waals surface area contributed by atoms with Crippen LogP contribution in [0.15, 0.2) is 29.4 Å². The number of hydrazone groups is 1. The number of nitrogens with two attached hydrogens (primary N) is 1. The summed E-state index contributed by atoms with van der Waals surface area (Å²) >= 11 is 0. The summed E-state index contributed by atoms with van der Waals surface area (Å²) in [6.45, 7) is 3.86. The van der Waals surface area contributed by atoms with Crippen molar-refractivity contribution < 1.29 is 28.7 Å². The molecule has 0 aliphatic carbocycles. The van der Waals surface area contributed by atoms with Crippen LogP contribution in [0.2, 0.25) is 0 Å². The quantitative estimate of drug-likeness (QED) is 0.184. The Morgan fingerprint density at radius 2 is 1.58 bits per heavy atom. The molecule has 1 atom stereocenters. The Morgan fingerprint density at radius 3 is 2.19 bits per heavy atom. The van der Waals surface area contributed by atoms with E-state index in [1.165, 1.54) is 6.21 Å². The van der Waals surface area contributed by atoms with E-state index in [-0.39, 0.29) is 51.2 Å². The second-order valence-corrected chi connectivity index (χ2v) is 6.57. The van der Waals surface area contributed by atoms with Crippen LogP contribution in [0.1, 0.15) is 51.5 Å². The maximum Gasteiger partial charge on any atom is 0.307 e. The predicted molar refractivity (Wildman–Crippen MR) is 115 cm³/mol. The molecule has 0 aromatic heterocycles. The Balaban J connectivity index is 2.51. The second kappa shape index (κ2) is 14.5. The number of benzene rings is 1. The lowest BCUT2D eigenvalue weighted by atomic mass is 10.1.